The van der Waals surface area contributed by atoms with Gasteiger partial charge in [-0.2, -0.15) is 4.31 Å². The molecule has 4 aliphatic heterocycles. The fourth-order valence-corrected chi connectivity index (χ4v) is 14.9. The number of likely N-dealkylation sites (tertiary alicyclic amines) is 3. The van der Waals surface area contributed by atoms with Gasteiger partial charge in [-0.05, 0) is 267 Å². The average molecular weight is 1610 g/mol. The van der Waals surface area contributed by atoms with Gasteiger partial charge in [0.05, 0.1) is 45.5 Å². The predicted molar refractivity (Wildman–Crippen MR) is 431 cm³/mol. The third-order valence-corrected chi connectivity index (χ3v) is 22.6. The lowest BCUT2D eigenvalue weighted by molar-refractivity contribution is -0.140. The van der Waals surface area contributed by atoms with Crippen molar-refractivity contribution < 1.29 is 76.0 Å². The molecule has 0 N–H and O–H groups in total. The molecule has 0 spiro atoms. The van der Waals surface area contributed by atoms with Crippen LogP contribution in [0.15, 0.2) is 160 Å². The Kier molecular flexibility index (Phi) is 48.1. The summed E-state index contributed by atoms with van der Waals surface area (Å²) in [6, 6.07) is 37.3. The number of halogens is 6. The second kappa shape index (κ2) is 52.4. The average Bonchev–Trinajstić information content (AvgIpc) is 1.71. The first-order chi connectivity index (χ1) is 50.9. The fraction of sp³-hybridized carbons (Fsp3) is 0.524. The molecule has 6 aromatic carbocycles. The van der Waals surface area contributed by atoms with Gasteiger partial charge in [-0.15, -0.1) is 11.8 Å². The molecule has 1 atom stereocenters. The fourth-order valence-electron chi connectivity index (χ4n) is 10.2. The van der Waals surface area contributed by atoms with Crippen molar-refractivity contribution in [1.82, 2.24) is 19.0 Å². The number of carbonyl (C=O) groups excluding carboxylic acids is 4. The van der Waals surface area contributed by atoms with E-state index in [1.54, 1.807) is 78.4 Å². The van der Waals surface area contributed by atoms with Crippen LogP contribution in [0.4, 0.5) is 26.3 Å². The Hall–Kier alpha value is -6.90. The maximum absolute atomic E-state index is 12.5. The zero-order valence-electron chi connectivity index (χ0n) is 67.7. The number of imide groups is 1. The molecule has 0 aliphatic carbocycles. The van der Waals surface area contributed by atoms with Gasteiger partial charge in [0.2, 0.25) is 33.7 Å². The smallest absolute Gasteiger partial charge is 0.229 e. The van der Waals surface area contributed by atoms with E-state index < -0.39 is 41.7 Å². The molecule has 25 heteroatoms. The van der Waals surface area contributed by atoms with Crippen molar-refractivity contribution in [2.75, 3.05) is 25.4 Å². The van der Waals surface area contributed by atoms with Crippen LogP contribution in [0.25, 0.3) is 0 Å². The molecule has 15 nitrogen and oxygen atoms in total. The minimum Gasteiger partial charge on any atom is -0.491 e. The molecule has 0 radical (unpaired) electrons. The number of sulfone groups is 1. The van der Waals surface area contributed by atoms with E-state index in [-0.39, 0.29) is 75.3 Å². The maximum Gasteiger partial charge on any atom is 0.229 e. The molecule has 109 heavy (non-hydrogen) atoms. The summed E-state index contributed by atoms with van der Waals surface area (Å²) in [4.78, 5) is 51.2. The number of thioether (sulfide) groups is 1. The number of sulfonamides is 1. The highest BCUT2D eigenvalue weighted by Gasteiger charge is 2.31. The van der Waals surface area contributed by atoms with Crippen LogP contribution >= 0.6 is 11.8 Å². The lowest BCUT2D eigenvalue weighted by atomic mass is 10.0. The third-order valence-electron chi connectivity index (χ3n) is 15.7. The number of nitrogens with zero attached hydrogens (tertiary/aromatic N) is 4. The van der Waals surface area contributed by atoms with Gasteiger partial charge in [-0.25, -0.2) is 43.2 Å². The van der Waals surface area contributed by atoms with Crippen LogP contribution in [0, 0.1) is 40.8 Å². The summed E-state index contributed by atoms with van der Waals surface area (Å²) < 4.78 is 144. The number of piperidine rings is 1. The first-order valence-electron chi connectivity index (χ1n) is 37.4. The van der Waals surface area contributed by atoms with Gasteiger partial charge in [0, 0.05) is 89.8 Å². The van der Waals surface area contributed by atoms with E-state index in [4.69, 9.17) is 9.47 Å². The summed E-state index contributed by atoms with van der Waals surface area (Å²) in [6.45, 7) is 42.3. The zero-order valence-corrected chi connectivity index (χ0v) is 71.0. The van der Waals surface area contributed by atoms with Crippen molar-refractivity contribution >= 4 is 66.1 Å². The largest absolute Gasteiger partial charge is 0.491 e. The molecule has 0 bridgehead atoms. The van der Waals surface area contributed by atoms with E-state index in [2.05, 4.69) is 55.4 Å². The van der Waals surface area contributed by atoms with Crippen molar-refractivity contribution in [2.45, 2.75) is 270 Å². The second-order valence-corrected chi connectivity index (χ2v) is 37.1. The molecule has 6 aromatic rings. The molecule has 4 fully saturated rings. The number of rotatable bonds is 17. The number of hydrogen-bond acceptors (Lipinski definition) is 12. The lowest BCUT2D eigenvalue weighted by Crippen LogP contribution is -2.40. The Balaban J connectivity index is 0.000000606. The number of hydrogen-bond donors (Lipinski definition) is 0. The molecular formula is C84H122F6N4O11S4. The highest BCUT2D eigenvalue weighted by molar-refractivity contribution is 7.99. The number of benzene rings is 6. The van der Waals surface area contributed by atoms with Crippen molar-refractivity contribution in [3.8, 4) is 5.75 Å². The maximum atomic E-state index is 12.5. The van der Waals surface area contributed by atoms with Crippen molar-refractivity contribution in [3.63, 3.8) is 0 Å². The van der Waals surface area contributed by atoms with Gasteiger partial charge in [-0.1, -0.05) is 65.8 Å². The molecule has 0 aromatic heterocycles. The Morgan fingerprint density at radius 2 is 0.853 bits per heavy atom. The summed E-state index contributed by atoms with van der Waals surface area (Å²) in [5, 5.41) is 0.161. The second-order valence-electron chi connectivity index (χ2n) is 28.8. The van der Waals surface area contributed by atoms with Crippen molar-refractivity contribution in [2.24, 2.45) is 5.92 Å². The van der Waals surface area contributed by atoms with E-state index >= 15 is 0 Å². The topological polar surface area (TPSA) is 185 Å². The molecule has 4 saturated heterocycles. The minimum atomic E-state index is -3.26. The zero-order chi connectivity index (χ0) is 82.9. The predicted octanol–water partition coefficient (Wildman–Crippen LogP) is 19.5. The van der Waals surface area contributed by atoms with Crippen molar-refractivity contribution in [3.05, 3.63) is 192 Å². The van der Waals surface area contributed by atoms with Crippen LogP contribution in [-0.4, -0.2) is 141 Å². The van der Waals surface area contributed by atoms with Gasteiger partial charge < -0.3 is 19.3 Å². The quantitative estimate of drug-likeness (QED) is 0.0365. The normalized spacial score (nSPS) is 14.9. The number of amides is 4. The molecule has 610 valence electrons. The third kappa shape index (κ3) is 42.4. The van der Waals surface area contributed by atoms with Crippen LogP contribution < -0.4 is 4.74 Å². The van der Waals surface area contributed by atoms with Crippen LogP contribution in [0.3, 0.4) is 0 Å². The standard InChI is InChI=1S/C10H13FO.C10H13F.C9H11FO2S.C9H11FOS.C9H11FO.C9H11FS.C8H15NO.C7H11NO2.C7H13NO.C6H13NO2S/c1-8(2)12-7-9-3-5-10(11)6-4-9;1-8(2)7-9-3-5-10(11)6-4-9;1-7(2)13(11,12)9-5-3-8(10)4-6-9;1-7(2)12(11)9-5-3-8(10)4-6-9;2*1-7(2)11-9-5-3-8(10)4-6-9;1-7(2)9-6-4-3-5-8(9)10;1-5(2)8-6(9)3-4-7(8)10;1-6(2)8-5-3-4-7(8)9;1-6(2)7-4-3-5-10(7,8)9/h3-6,8H,7H2,1-2H3;3-6,8H,7H2,1-2H3;3-7H,1-2H3;3-7H,1-2H3;2*3-7H,1-2H3;7H,3-6H2,1-2H3;5H,3-4H2,1-2H3;6H,3-5H2,1-2H3;6H,3-5H2,1-2H3. The molecule has 1 unspecified atom stereocenters. The Bertz CT molecular complexity index is 3670. The van der Waals surface area contributed by atoms with E-state index in [1.165, 1.54) is 89.7 Å². The van der Waals surface area contributed by atoms with Gasteiger partial charge in [-0.3, -0.25) is 28.3 Å². The SMILES string of the molecule is CC(C)Cc1ccc(F)cc1.CC(C)N1C(=O)CCC1=O.CC(C)N1CCCC1=O.CC(C)N1CCCCC1=O.CC(C)N1CCCS1(=O)=O.CC(C)OCc1ccc(F)cc1.CC(C)Oc1ccc(F)cc1.CC(C)S(=O)(=O)c1ccc(F)cc1.CC(C)S(=O)c1ccc(F)cc1.CC(C)Sc1ccc(F)cc1. The van der Waals surface area contributed by atoms with Gasteiger partial charge in [0.25, 0.3) is 0 Å². The lowest BCUT2D eigenvalue weighted by Gasteiger charge is -2.30. The van der Waals surface area contributed by atoms with Crippen LogP contribution in [0.2, 0.25) is 0 Å². The van der Waals surface area contributed by atoms with Crippen LogP contribution in [0.5, 0.6) is 5.75 Å². The first kappa shape index (κ1) is 100. The molecule has 4 amide bonds. The first-order valence-corrected chi connectivity index (χ1v) is 42.7. The molecule has 4 aliphatic rings. The molecule has 4 heterocycles. The van der Waals surface area contributed by atoms with Gasteiger partial charge >= 0.3 is 0 Å². The summed E-state index contributed by atoms with van der Waals surface area (Å²) >= 11 is 1.74. The van der Waals surface area contributed by atoms with E-state index in [1.807, 2.05) is 91.2 Å². The number of ether oxygens (including phenoxy) is 2. The molecule has 0 saturated carbocycles. The van der Waals surface area contributed by atoms with Gasteiger partial charge in [0.1, 0.15) is 40.7 Å². The summed E-state index contributed by atoms with van der Waals surface area (Å²) in [5.74, 6) is 0.806. The highest BCUT2D eigenvalue weighted by atomic mass is 32.2. The Morgan fingerprint density at radius 3 is 1.17 bits per heavy atom. The highest BCUT2D eigenvalue weighted by Crippen LogP contribution is 2.24. The monoisotopic (exact) mass is 1600 g/mol. The van der Waals surface area contributed by atoms with Crippen molar-refractivity contribution in [1.29, 1.82) is 0 Å². The Labute approximate surface area is 655 Å². The number of carbonyl (C=O) groups is 4. The van der Waals surface area contributed by atoms with Gasteiger partial charge in [0.15, 0.2) is 9.84 Å². The van der Waals surface area contributed by atoms with E-state index in [0.29, 0.717) is 77.5 Å². The Morgan fingerprint density at radius 1 is 0.450 bits per heavy atom. The minimum absolute atomic E-state index is 0.0278. The van der Waals surface area contributed by atoms with Crippen LogP contribution in [-0.2, 0) is 67.6 Å². The van der Waals surface area contributed by atoms with E-state index in [0.717, 1.165) is 74.2 Å². The summed E-state index contributed by atoms with van der Waals surface area (Å²) in [5.41, 5.74) is 2.21. The molecule has 10 rings (SSSR count). The summed E-state index contributed by atoms with van der Waals surface area (Å²) in [7, 11) is -7.12. The van der Waals surface area contributed by atoms with Crippen LogP contribution in [0.1, 0.15) is 201 Å². The molecular weight excluding hydrogens is 1480 g/mol. The van der Waals surface area contributed by atoms with E-state index in [9.17, 15) is 66.6 Å². The summed E-state index contributed by atoms with van der Waals surface area (Å²) in [6.07, 6.45) is 7.82.